The van der Waals surface area contributed by atoms with Gasteiger partial charge in [-0.1, -0.05) is 11.3 Å². The Hall–Kier alpha value is -2.74. The van der Waals surface area contributed by atoms with E-state index in [9.17, 15) is 4.79 Å². The zero-order valence-electron chi connectivity index (χ0n) is 15.4. The number of carboxylic acids is 1. The van der Waals surface area contributed by atoms with E-state index in [0.29, 0.717) is 23.8 Å². The van der Waals surface area contributed by atoms with Gasteiger partial charge in [0.1, 0.15) is 5.65 Å². The van der Waals surface area contributed by atoms with Gasteiger partial charge in [-0.3, -0.25) is 0 Å². The number of hydrogen-bond acceptors (Lipinski definition) is 5. The summed E-state index contributed by atoms with van der Waals surface area (Å²) in [4.78, 5) is 15.9. The molecule has 2 saturated carbocycles. The van der Waals surface area contributed by atoms with Crippen LogP contribution in [-0.2, 0) is 11.3 Å². The molecule has 8 nitrogen and oxygen atoms in total. The summed E-state index contributed by atoms with van der Waals surface area (Å²) in [5.41, 5.74) is 4.99. The van der Waals surface area contributed by atoms with Gasteiger partial charge in [0.25, 0.3) is 0 Å². The quantitative estimate of drug-likeness (QED) is 0.732. The molecule has 0 aromatic carbocycles. The molecule has 28 heavy (non-hydrogen) atoms. The first kappa shape index (κ1) is 16.2. The normalized spacial score (nSPS) is 21.0. The van der Waals surface area contributed by atoms with Crippen molar-refractivity contribution in [3.05, 3.63) is 47.2 Å². The lowest BCUT2D eigenvalue weighted by molar-refractivity contribution is -0.164. The molecule has 0 atom stereocenters. The molecule has 4 heterocycles. The maximum absolute atomic E-state index is 11.0. The van der Waals surface area contributed by atoms with E-state index < -0.39 is 5.97 Å². The molecular weight excluding hydrogens is 358 g/mol. The molecule has 0 amide bonds. The summed E-state index contributed by atoms with van der Waals surface area (Å²) in [7, 11) is 0. The molecule has 144 valence electrons. The van der Waals surface area contributed by atoms with Gasteiger partial charge in [-0.15, -0.1) is 5.10 Å². The van der Waals surface area contributed by atoms with Gasteiger partial charge in [-0.25, -0.2) is 14.5 Å². The molecule has 3 aromatic heterocycles. The van der Waals surface area contributed by atoms with Crippen LogP contribution in [0.4, 0.5) is 0 Å². The lowest BCUT2D eigenvalue weighted by atomic mass is 9.59. The topological polar surface area (TPSA) is 94.5 Å². The van der Waals surface area contributed by atoms with Gasteiger partial charge in [0.2, 0.25) is 0 Å². The van der Waals surface area contributed by atoms with E-state index in [1.807, 2.05) is 6.20 Å². The van der Waals surface area contributed by atoms with Crippen molar-refractivity contribution in [2.45, 2.75) is 44.1 Å². The highest BCUT2D eigenvalue weighted by molar-refractivity contribution is 5.84. The molecule has 3 fully saturated rings. The number of pyridine rings is 1. The first-order chi connectivity index (χ1) is 13.6. The molecule has 2 aliphatic carbocycles. The van der Waals surface area contributed by atoms with Gasteiger partial charge in [0.05, 0.1) is 31.6 Å². The Morgan fingerprint density at radius 2 is 2.04 bits per heavy atom. The van der Waals surface area contributed by atoms with Crippen molar-refractivity contribution in [2.24, 2.45) is 5.41 Å². The van der Waals surface area contributed by atoms with Crippen molar-refractivity contribution >= 4 is 11.6 Å². The highest BCUT2D eigenvalue weighted by Gasteiger charge is 2.50. The van der Waals surface area contributed by atoms with E-state index in [0.717, 1.165) is 24.6 Å². The maximum atomic E-state index is 11.0. The Morgan fingerprint density at radius 1 is 1.21 bits per heavy atom. The number of carboxylic acid groups (broad SMARTS) is 1. The van der Waals surface area contributed by atoms with Crippen molar-refractivity contribution in [2.75, 3.05) is 13.2 Å². The van der Waals surface area contributed by atoms with Gasteiger partial charge in [0, 0.05) is 17.8 Å². The van der Waals surface area contributed by atoms with E-state index >= 15 is 0 Å². The first-order valence-electron chi connectivity index (χ1n) is 9.81. The van der Waals surface area contributed by atoms with Gasteiger partial charge in [-0.2, -0.15) is 0 Å². The number of fused-ring (bicyclic) bond motifs is 1. The minimum atomic E-state index is -1.07. The van der Waals surface area contributed by atoms with Crippen LogP contribution < -0.4 is 0 Å². The monoisotopic (exact) mass is 379 g/mol. The molecule has 1 aliphatic heterocycles. The Balaban J connectivity index is 1.34. The number of rotatable bonds is 5. The summed E-state index contributed by atoms with van der Waals surface area (Å²) in [6.07, 6.45) is 10.6. The van der Waals surface area contributed by atoms with Crippen LogP contribution in [0.1, 0.15) is 64.8 Å². The third kappa shape index (κ3) is 2.55. The average Bonchev–Trinajstić information content (AvgIpc) is 3.19. The van der Waals surface area contributed by atoms with Crippen LogP contribution in [-0.4, -0.2) is 48.7 Å². The lowest BCUT2D eigenvalue weighted by Crippen LogP contribution is -2.51. The van der Waals surface area contributed by atoms with E-state index in [1.165, 1.54) is 47.7 Å². The number of aromatic carboxylic acids is 1. The van der Waals surface area contributed by atoms with Crippen LogP contribution in [0, 0.1) is 5.41 Å². The fourth-order valence-corrected chi connectivity index (χ4v) is 4.69. The summed E-state index contributed by atoms with van der Waals surface area (Å²) >= 11 is 0. The van der Waals surface area contributed by atoms with Crippen molar-refractivity contribution in [1.29, 1.82) is 0 Å². The van der Waals surface area contributed by atoms with Crippen molar-refractivity contribution < 1.29 is 14.6 Å². The summed E-state index contributed by atoms with van der Waals surface area (Å²) in [5.74, 6) is 0.158. The molecule has 0 unspecified atom stereocenters. The minimum absolute atomic E-state index is 0.0528. The van der Waals surface area contributed by atoms with E-state index in [1.54, 1.807) is 0 Å². The molecule has 0 radical (unpaired) electrons. The summed E-state index contributed by atoms with van der Waals surface area (Å²) < 4.78 is 9.11. The number of aromatic nitrogens is 5. The molecule has 8 heteroatoms. The van der Waals surface area contributed by atoms with Crippen LogP contribution in [0.15, 0.2) is 24.7 Å². The zero-order valence-corrected chi connectivity index (χ0v) is 15.4. The SMILES string of the molecule is O=C(O)c1cn(Cc2cn3cc(C4CC4)cc(C4CC5(COC5)C4)c3n2)nn1. The second-order valence-corrected chi connectivity index (χ2v) is 8.67. The second-order valence-electron chi connectivity index (χ2n) is 8.67. The first-order valence-corrected chi connectivity index (χ1v) is 9.81. The number of nitrogens with zero attached hydrogens (tertiary/aromatic N) is 5. The van der Waals surface area contributed by atoms with Crippen LogP contribution in [0.3, 0.4) is 0 Å². The molecule has 1 saturated heterocycles. The molecule has 3 aromatic rings. The molecule has 3 aliphatic rings. The largest absolute Gasteiger partial charge is 0.476 e. The molecule has 0 bridgehead atoms. The number of imidazole rings is 1. The van der Waals surface area contributed by atoms with Crippen LogP contribution in [0.25, 0.3) is 5.65 Å². The average molecular weight is 379 g/mol. The molecule has 6 rings (SSSR count). The van der Waals surface area contributed by atoms with Crippen LogP contribution >= 0.6 is 0 Å². The van der Waals surface area contributed by atoms with Crippen LogP contribution in [0.5, 0.6) is 0 Å². The Morgan fingerprint density at radius 3 is 2.68 bits per heavy atom. The van der Waals surface area contributed by atoms with E-state index in [4.69, 9.17) is 14.8 Å². The highest BCUT2D eigenvalue weighted by atomic mass is 16.5. The van der Waals surface area contributed by atoms with Crippen molar-refractivity contribution in [1.82, 2.24) is 24.4 Å². The lowest BCUT2D eigenvalue weighted by Gasteiger charge is -2.53. The zero-order chi connectivity index (χ0) is 18.9. The smallest absolute Gasteiger partial charge is 0.358 e. The van der Waals surface area contributed by atoms with Crippen molar-refractivity contribution in [3.8, 4) is 0 Å². The molecular formula is C20H21N5O3. The van der Waals surface area contributed by atoms with Crippen molar-refractivity contribution in [3.63, 3.8) is 0 Å². The fraction of sp³-hybridized carbons (Fsp3) is 0.500. The Labute approximate surface area is 161 Å². The maximum Gasteiger partial charge on any atom is 0.358 e. The summed E-state index contributed by atoms with van der Waals surface area (Å²) in [6, 6.07) is 2.37. The molecule has 1 spiro atoms. The fourth-order valence-electron chi connectivity index (χ4n) is 4.69. The second kappa shape index (κ2) is 5.64. The van der Waals surface area contributed by atoms with Gasteiger partial charge >= 0.3 is 5.97 Å². The van der Waals surface area contributed by atoms with Crippen LogP contribution in [0.2, 0.25) is 0 Å². The summed E-state index contributed by atoms with van der Waals surface area (Å²) in [6.45, 7) is 2.21. The third-order valence-corrected chi connectivity index (χ3v) is 6.40. The Bertz CT molecular complexity index is 1080. The predicted octanol–water partition coefficient (Wildman–Crippen LogP) is 2.44. The minimum Gasteiger partial charge on any atom is -0.476 e. The van der Waals surface area contributed by atoms with Gasteiger partial charge < -0.3 is 14.2 Å². The highest BCUT2D eigenvalue weighted by Crippen LogP contribution is 2.56. The summed E-state index contributed by atoms with van der Waals surface area (Å²) in [5, 5.41) is 16.6. The van der Waals surface area contributed by atoms with E-state index in [-0.39, 0.29) is 5.69 Å². The standard InChI is InChI=1S/C20H21N5O3/c26-19(27)17-9-25(23-22-17)8-15-7-24-6-13(12-1-2-12)3-16(18(24)21-15)14-4-20(5-14)10-28-11-20/h3,6-7,9,12,14H,1-2,4-5,8,10-11H2,(H,26,27). The third-order valence-electron chi connectivity index (χ3n) is 6.40. The predicted molar refractivity (Wildman–Crippen MR) is 98.5 cm³/mol. The van der Waals surface area contributed by atoms with E-state index in [2.05, 4.69) is 27.0 Å². The number of carbonyl (C=O) groups is 1. The number of ether oxygens (including phenoxy) is 1. The molecule has 1 N–H and O–H groups in total. The van der Waals surface area contributed by atoms with Gasteiger partial charge in [-0.05, 0) is 48.6 Å². The Kier molecular flexibility index (Phi) is 3.27. The number of hydrogen-bond donors (Lipinski definition) is 1. The van der Waals surface area contributed by atoms with Gasteiger partial charge in [0.15, 0.2) is 5.69 Å².